The summed E-state index contributed by atoms with van der Waals surface area (Å²) in [4.78, 5) is 18.9. The predicted molar refractivity (Wildman–Crippen MR) is 97.2 cm³/mol. The standard InChI is InChI=1S/C19H27N5O/c1-15-21-16(2)24(22-15)13-18-9-6-12-23(18)14-19(25)20-11-10-17-7-4-3-5-8-17/h3-5,7-8,18H,6,9-14H2,1-2H3,(H,20,25)/t18-/m0/s1. The van der Waals surface area contributed by atoms with Crippen molar-refractivity contribution in [2.24, 2.45) is 0 Å². The molecule has 25 heavy (non-hydrogen) atoms. The molecule has 2 heterocycles. The van der Waals surface area contributed by atoms with Gasteiger partial charge in [-0.3, -0.25) is 9.69 Å². The molecule has 0 unspecified atom stereocenters. The van der Waals surface area contributed by atoms with Crippen LogP contribution in [0.15, 0.2) is 30.3 Å². The normalized spacial score (nSPS) is 17.8. The van der Waals surface area contributed by atoms with Gasteiger partial charge in [-0.1, -0.05) is 30.3 Å². The number of hydrogen-bond acceptors (Lipinski definition) is 4. The van der Waals surface area contributed by atoms with E-state index >= 15 is 0 Å². The van der Waals surface area contributed by atoms with Crippen molar-refractivity contribution < 1.29 is 4.79 Å². The van der Waals surface area contributed by atoms with Gasteiger partial charge in [-0.2, -0.15) is 5.10 Å². The van der Waals surface area contributed by atoms with E-state index < -0.39 is 0 Å². The molecule has 1 aromatic carbocycles. The van der Waals surface area contributed by atoms with E-state index in [0.717, 1.165) is 44.0 Å². The summed E-state index contributed by atoms with van der Waals surface area (Å²) in [5.74, 6) is 1.85. The maximum absolute atomic E-state index is 12.3. The number of hydrogen-bond donors (Lipinski definition) is 1. The second kappa shape index (κ2) is 8.25. The minimum absolute atomic E-state index is 0.106. The van der Waals surface area contributed by atoms with Crippen LogP contribution in [0.1, 0.15) is 30.1 Å². The van der Waals surface area contributed by atoms with Gasteiger partial charge in [0, 0.05) is 12.6 Å². The minimum atomic E-state index is 0.106. The molecule has 2 aromatic rings. The van der Waals surface area contributed by atoms with Crippen molar-refractivity contribution in [2.45, 2.75) is 45.7 Å². The molecule has 0 aliphatic carbocycles. The van der Waals surface area contributed by atoms with Gasteiger partial charge in [-0.25, -0.2) is 9.67 Å². The lowest BCUT2D eigenvalue weighted by Gasteiger charge is -2.24. The largest absolute Gasteiger partial charge is 0.355 e. The molecule has 3 rings (SSSR count). The lowest BCUT2D eigenvalue weighted by molar-refractivity contribution is -0.122. The van der Waals surface area contributed by atoms with E-state index in [4.69, 9.17) is 0 Å². The zero-order valence-corrected chi connectivity index (χ0v) is 15.1. The number of carbonyl (C=O) groups excluding carboxylic acids is 1. The maximum Gasteiger partial charge on any atom is 0.234 e. The van der Waals surface area contributed by atoms with E-state index in [1.165, 1.54) is 5.56 Å². The number of carbonyl (C=O) groups is 1. The number of aryl methyl sites for hydroxylation is 2. The lowest BCUT2D eigenvalue weighted by Crippen LogP contribution is -2.42. The number of amides is 1. The molecule has 1 amide bonds. The van der Waals surface area contributed by atoms with Gasteiger partial charge in [0.2, 0.25) is 5.91 Å². The molecule has 6 heteroatoms. The molecule has 1 aliphatic heterocycles. The molecular weight excluding hydrogens is 314 g/mol. The molecular formula is C19H27N5O. The Morgan fingerprint density at radius 2 is 2.08 bits per heavy atom. The summed E-state index contributed by atoms with van der Waals surface area (Å²) in [6.07, 6.45) is 3.11. The SMILES string of the molecule is Cc1nc(C)n(C[C@@H]2CCCN2CC(=O)NCCc2ccccc2)n1. The molecule has 1 fully saturated rings. The Morgan fingerprint density at radius 3 is 2.80 bits per heavy atom. The van der Waals surface area contributed by atoms with Crippen LogP contribution in [-0.2, 0) is 17.8 Å². The minimum Gasteiger partial charge on any atom is -0.355 e. The van der Waals surface area contributed by atoms with Crippen molar-refractivity contribution in [1.82, 2.24) is 25.0 Å². The number of aromatic nitrogens is 3. The van der Waals surface area contributed by atoms with Crippen LogP contribution < -0.4 is 5.32 Å². The van der Waals surface area contributed by atoms with Gasteiger partial charge < -0.3 is 5.32 Å². The van der Waals surface area contributed by atoms with Gasteiger partial charge >= 0.3 is 0 Å². The average molecular weight is 341 g/mol. The van der Waals surface area contributed by atoms with E-state index in [-0.39, 0.29) is 5.91 Å². The van der Waals surface area contributed by atoms with E-state index in [0.29, 0.717) is 19.1 Å². The summed E-state index contributed by atoms with van der Waals surface area (Å²) < 4.78 is 1.96. The highest BCUT2D eigenvalue weighted by atomic mass is 16.2. The van der Waals surface area contributed by atoms with Crippen molar-refractivity contribution in [2.75, 3.05) is 19.6 Å². The molecule has 1 aromatic heterocycles. The molecule has 1 atom stereocenters. The van der Waals surface area contributed by atoms with Gasteiger partial charge in [0.15, 0.2) is 0 Å². The molecule has 0 radical (unpaired) electrons. The highest BCUT2D eigenvalue weighted by Gasteiger charge is 2.27. The third-order valence-electron chi connectivity index (χ3n) is 4.77. The molecule has 0 spiro atoms. The zero-order valence-electron chi connectivity index (χ0n) is 15.1. The maximum atomic E-state index is 12.3. The first-order chi connectivity index (χ1) is 12.1. The van der Waals surface area contributed by atoms with Crippen molar-refractivity contribution in [3.05, 3.63) is 47.5 Å². The summed E-state index contributed by atoms with van der Waals surface area (Å²) in [5.41, 5.74) is 1.25. The summed E-state index contributed by atoms with van der Waals surface area (Å²) in [6, 6.07) is 10.6. The Labute approximate surface area is 149 Å². The van der Waals surface area contributed by atoms with Crippen LogP contribution in [0.5, 0.6) is 0 Å². The molecule has 0 bridgehead atoms. The van der Waals surface area contributed by atoms with E-state index in [1.54, 1.807) is 0 Å². The van der Waals surface area contributed by atoms with Gasteiger partial charge in [0.05, 0.1) is 13.1 Å². The van der Waals surface area contributed by atoms with Crippen molar-refractivity contribution in [3.63, 3.8) is 0 Å². The van der Waals surface area contributed by atoms with Gasteiger partial charge in [-0.05, 0) is 45.2 Å². The first-order valence-corrected chi connectivity index (χ1v) is 9.04. The first-order valence-electron chi connectivity index (χ1n) is 9.04. The molecule has 1 saturated heterocycles. The fourth-order valence-corrected chi connectivity index (χ4v) is 3.48. The molecule has 1 aliphatic rings. The Balaban J connectivity index is 1.46. The average Bonchev–Trinajstić information content (AvgIpc) is 3.15. The fourth-order valence-electron chi connectivity index (χ4n) is 3.48. The second-order valence-corrected chi connectivity index (χ2v) is 6.74. The van der Waals surface area contributed by atoms with Gasteiger partial charge in [0.1, 0.15) is 11.6 Å². The van der Waals surface area contributed by atoms with Gasteiger partial charge in [0.25, 0.3) is 0 Å². The highest BCUT2D eigenvalue weighted by molar-refractivity contribution is 5.78. The quantitative estimate of drug-likeness (QED) is 0.833. The smallest absolute Gasteiger partial charge is 0.234 e. The van der Waals surface area contributed by atoms with Crippen LogP contribution in [0.25, 0.3) is 0 Å². The Bertz CT molecular complexity index is 697. The second-order valence-electron chi connectivity index (χ2n) is 6.74. The van der Waals surface area contributed by atoms with E-state index in [2.05, 4.69) is 32.4 Å². The topological polar surface area (TPSA) is 63.1 Å². The number of rotatable bonds is 7. The number of benzene rings is 1. The number of nitrogens with one attached hydrogen (secondary N) is 1. The highest BCUT2D eigenvalue weighted by Crippen LogP contribution is 2.18. The van der Waals surface area contributed by atoms with Crippen LogP contribution in [0.2, 0.25) is 0 Å². The van der Waals surface area contributed by atoms with Crippen molar-refractivity contribution in [1.29, 1.82) is 0 Å². The van der Waals surface area contributed by atoms with E-state index in [9.17, 15) is 4.79 Å². The fraction of sp³-hybridized carbons (Fsp3) is 0.526. The predicted octanol–water partition coefficient (Wildman–Crippen LogP) is 1.72. The Morgan fingerprint density at radius 1 is 1.28 bits per heavy atom. The molecule has 0 saturated carbocycles. The summed E-state index contributed by atoms with van der Waals surface area (Å²) in [7, 11) is 0. The van der Waals surface area contributed by atoms with Crippen LogP contribution in [0.4, 0.5) is 0 Å². The Kier molecular flexibility index (Phi) is 5.81. The third kappa shape index (κ3) is 4.89. The first kappa shape index (κ1) is 17.6. The number of likely N-dealkylation sites (tertiary alicyclic amines) is 1. The summed E-state index contributed by atoms with van der Waals surface area (Å²) in [5, 5.41) is 7.49. The number of nitrogens with zero attached hydrogens (tertiary/aromatic N) is 4. The van der Waals surface area contributed by atoms with Crippen LogP contribution in [0, 0.1) is 13.8 Å². The van der Waals surface area contributed by atoms with Crippen molar-refractivity contribution in [3.8, 4) is 0 Å². The van der Waals surface area contributed by atoms with Crippen molar-refractivity contribution >= 4 is 5.91 Å². The third-order valence-corrected chi connectivity index (χ3v) is 4.77. The lowest BCUT2D eigenvalue weighted by atomic mass is 10.1. The van der Waals surface area contributed by atoms with E-state index in [1.807, 2.05) is 36.7 Å². The monoisotopic (exact) mass is 341 g/mol. The summed E-state index contributed by atoms with van der Waals surface area (Å²) in [6.45, 7) is 6.83. The Hall–Kier alpha value is -2.21. The van der Waals surface area contributed by atoms with Crippen LogP contribution in [-0.4, -0.2) is 51.2 Å². The zero-order chi connectivity index (χ0) is 17.6. The van der Waals surface area contributed by atoms with Crippen LogP contribution >= 0.6 is 0 Å². The summed E-state index contributed by atoms with van der Waals surface area (Å²) >= 11 is 0. The van der Waals surface area contributed by atoms with Crippen LogP contribution in [0.3, 0.4) is 0 Å². The molecule has 134 valence electrons. The van der Waals surface area contributed by atoms with Gasteiger partial charge in [-0.15, -0.1) is 0 Å². The molecule has 1 N–H and O–H groups in total. The molecule has 6 nitrogen and oxygen atoms in total.